The van der Waals surface area contributed by atoms with Gasteiger partial charge in [-0.2, -0.15) is 5.10 Å². The topological polar surface area (TPSA) is 76.0 Å². The smallest absolute Gasteiger partial charge is 0.250 e. The van der Waals surface area contributed by atoms with E-state index in [4.69, 9.17) is 4.74 Å². The first-order valence-corrected chi connectivity index (χ1v) is 7.94. The first-order valence-electron chi connectivity index (χ1n) is 7.94. The Bertz CT molecular complexity index is 721. The number of rotatable bonds is 4. The van der Waals surface area contributed by atoms with Gasteiger partial charge in [-0.1, -0.05) is 13.8 Å². The number of morpholine rings is 1. The summed E-state index contributed by atoms with van der Waals surface area (Å²) in [4.78, 5) is 18.5. The number of hydrogen-bond acceptors (Lipinski definition) is 5. The van der Waals surface area contributed by atoms with Crippen LogP contribution in [0.15, 0.2) is 23.1 Å². The number of pyridine rings is 1. The van der Waals surface area contributed by atoms with E-state index in [-0.39, 0.29) is 11.7 Å². The van der Waals surface area contributed by atoms with Crippen LogP contribution in [0.25, 0.3) is 0 Å². The lowest BCUT2D eigenvalue weighted by Gasteiger charge is -2.31. The monoisotopic (exact) mass is 317 g/mol. The molecular formula is C16H23N5O2. The summed E-state index contributed by atoms with van der Waals surface area (Å²) in [5.74, 6) is 1.88. The van der Waals surface area contributed by atoms with Crippen LogP contribution >= 0.6 is 0 Å². The highest BCUT2D eigenvalue weighted by Gasteiger charge is 2.25. The van der Waals surface area contributed by atoms with Crippen molar-refractivity contribution in [1.82, 2.24) is 24.6 Å². The SMILES string of the molecule is CC(C)c1n[nH]c(C2CN(Cc3ccn(C)c(=O)c3)CCO2)n1. The molecule has 1 saturated heterocycles. The second-order valence-electron chi connectivity index (χ2n) is 6.31. The highest BCUT2D eigenvalue weighted by molar-refractivity contribution is 5.11. The molecule has 124 valence electrons. The first-order chi connectivity index (χ1) is 11.0. The van der Waals surface area contributed by atoms with Crippen molar-refractivity contribution in [2.75, 3.05) is 19.7 Å². The third kappa shape index (κ3) is 3.68. The van der Waals surface area contributed by atoms with Gasteiger partial charge < -0.3 is 9.30 Å². The number of aromatic nitrogens is 4. The molecular weight excluding hydrogens is 294 g/mol. The van der Waals surface area contributed by atoms with Gasteiger partial charge in [0.1, 0.15) is 6.10 Å². The Morgan fingerprint density at radius 2 is 2.30 bits per heavy atom. The van der Waals surface area contributed by atoms with E-state index in [0.29, 0.717) is 12.5 Å². The molecule has 1 N–H and O–H groups in total. The molecule has 0 aromatic carbocycles. The molecule has 3 heterocycles. The summed E-state index contributed by atoms with van der Waals surface area (Å²) in [5.41, 5.74) is 1.04. The fourth-order valence-electron chi connectivity index (χ4n) is 2.65. The Morgan fingerprint density at radius 1 is 1.48 bits per heavy atom. The highest BCUT2D eigenvalue weighted by Crippen LogP contribution is 2.21. The van der Waals surface area contributed by atoms with Crippen LogP contribution in [-0.4, -0.2) is 44.3 Å². The van der Waals surface area contributed by atoms with Gasteiger partial charge >= 0.3 is 0 Å². The van der Waals surface area contributed by atoms with Crippen LogP contribution in [0.1, 0.15) is 43.1 Å². The van der Waals surface area contributed by atoms with Crippen LogP contribution in [0.5, 0.6) is 0 Å². The lowest BCUT2D eigenvalue weighted by molar-refractivity contribution is -0.0371. The number of hydrogen-bond donors (Lipinski definition) is 1. The summed E-state index contributed by atoms with van der Waals surface area (Å²) in [6.07, 6.45) is 1.70. The van der Waals surface area contributed by atoms with Crippen LogP contribution in [0, 0.1) is 0 Å². The van der Waals surface area contributed by atoms with Gasteiger partial charge in [-0.25, -0.2) is 4.98 Å². The lowest BCUT2D eigenvalue weighted by Crippen LogP contribution is -2.38. The van der Waals surface area contributed by atoms with E-state index in [1.165, 1.54) is 0 Å². The van der Waals surface area contributed by atoms with E-state index in [0.717, 1.165) is 36.8 Å². The molecule has 0 amide bonds. The second kappa shape index (κ2) is 6.64. The Hall–Kier alpha value is -1.99. The van der Waals surface area contributed by atoms with Crippen molar-refractivity contribution in [2.24, 2.45) is 7.05 Å². The average Bonchev–Trinajstić information content (AvgIpc) is 3.01. The summed E-state index contributed by atoms with van der Waals surface area (Å²) in [7, 11) is 1.76. The number of aryl methyl sites for hydroxylation is 1. The molecule has 2 aromatic heterocycles. The highest BCUT2D eigenvalue weighted by atomic mass is 16.5. The number of nitrogens with one attached hydrogen (secondary N) is 1. The molecule has 1 fully saturated rings. The van der Waals surface area contributed by atoms with E-state index in [2.05, 4.69) is 33.9 Å². The molecule has 0 aliphatic carbocycles. The Balaban J connectivity index is 1.67. The second-order valence-corrected chi connectivity index (χ2v) is 6.31. The first kappa shape index (κ1) is 15.9. The summed E-state index contributed by atoms with van der Waals surface area (Å²) >= 11 is 0. The summed E-state index contributed by atoms with van der Waals surface area (Å²) in [5, 5.41) is 7.23. The Labute approximate surface area is 135 Å². The van der Waals surface area contributed by atoms with Crippen LogP contribution in [0.3, 0.4) is 0 Å². The predicted molar refractivity (Wildman–Crippen MR) is 86.1 cm³/mol. The average molecular weight is 317 g/mol. The summed E-state index contributed by atoms with van der Waals surface area (Å²) in [6, 6.07) is 3.67. The van der Waals surface area contributed by atoms with Crippen LogP contribution < -0.4 is 5.56 Å². The van der Waals surface area contributed by atoms with Gasteiger partial charge in [0.25, 0.3) is 5.56 Å². The van der Waals surface area contributed by atoms with Crippen LogP contribution in [0.4, 0.5) is 0 Å². The van der Waals surface area contributed by atoms with Gasteiger partial charge in [0.15, 0.2) is 11.6 Å². The van der Waals surface area contributed by atoms with Crippen molar-refractivity contribution >= 4 is 0 Å². The molecule has 2 aromatic rings. The standard InChI is InChI=1S/C16H23N5O2/c1-11(2)15-17-16(19-18-15)13-10-21(6-7-23-13)9-12-4-5-20(3)14(22)8-12/h4-5,8,11,13H,6-7,9-10H2,1-3H3,(H,17,18,19). The van der Waals surface area contributed by atoms with Gasteiger partial charge in [0.05, 0.1) is 6.61 Å². The molecule has 23 heavy (non-hydrogen) atoms. The largest absolute Gasteiger partial charge is 0.368 e. The Kier molecular flexibility index (Phi) is 4.58. The van der Waals surface area contributed by atoms with Crippen molar-refractivity contribution in [3.63, 3.8) is 0 Å². The minimum Gasteiger partial charge on any atom is -0.368 e. The molecule has 0 radical (unpaired) electrons. The fraction of sp³-hybridized carbons (Fsp3) is 0.562. The molecule has 1 aliphatic heterocycles. The number of aromatic amines is 1. The molecule has 0 spiro atoms. The van der Waals surface area contributed by atoms with Gasteiger partial charge in [-0.3, -0.25) is 14.8 Å². The van der Waals surface area contributed by atoms with Crippen molar-refractivity contribution in [3.8, 4) is 0 Å². The van der Waals surface area contributed by atoms with E-state index < -0.39 is 0 Å². The van der Waals surface area contributed by atoms with Gasteiger partial charge in [-0.15, -0.1) is 0 Å². The lowest BCUT2D eigenvalue weighted by atomic mass is 10.2. The zero-order valence-corrected chi connectivity index (χ0v) is 13.8. The van der Waals surface area contributed by atoms with Crippen LogP contribution in [-0.2, 0) is 18.3 Å². The van der Waals surface area contributed by atoms with Crippen molar-refractivity contribution < 1.29 is 4.74 Å². The summed E-state index contributed by atoms with van der Waals surface area (Å²) in [6.45, 7) is 7.10. The zero-order valence-electron chi connectivity index (χ0n) is 13.8. The molecule has 1 aliphatic rings. The minimum atomic E-state index is -0.102. The minimum absolute atomic E-state index is 0.0177. The Morgan fingerprint density at radius 3 is 3.00 bits per heavy atom. The molecule has 0 saturated carbocycles. The molecule has 7 heteroatoms. The molecule has 1 unspecified atom stereocenters. The van der Waals surface area contributed by atoms with Gasteiger partial charge in [0.2, 0.25) is 0 Å². The fourth-order valence-corrected chi connectivity index (χ4v) is 2.65. The predicted octanol–water partition coefficient (Wildman–Crippen LogP) is 1.20. The summed E-state index contributed by atoms with van der Waals surface area (Å²) < 4.78 is 7.40. The number of ether oxygens (including phenoxy) is 1. The molecule has 1 atom stereocenters. The van der Waals surface area contributed by atoms with Gasteiger partial charge in [0, 0.05) is 44.9 Å². The number of H-pyrrole nitrogens is 1. The van der Waals surface area contributed by atoms with E-state index in [9.17, 15) is 4.79 Å². The maximum atomic E-state index is 11.7. The van der Waals surface area contributed by atoms with Crippen molar-refractivity contribution in [1.29, 1.82) is 0 Å². The molecule has 3 rings (SSSR count). The van der Waals surface area contributed by atoms with E-state index in [1.807, 2.05) is 6.07 Å². The molecule has 0 bridgehead atoms. The van der Waals surface area contributed by atoms with E-state index >= 15 is 0 Å². The zero-order chi connectivity index (χ0) is 16.4. The maximum Gasteiger partial charge on any atom is 0.250 e. The third-order valence-corrected chi connectivity index (χ3v) is 4.07. The van der Waals surface area contributed by atoms with E-state index in [1.54, 1.807) is 23.9 Å². The third-order valence-electron chi connectivity index (χ3n) is 4.07. The quantitative estimate of drug-likeness (QED) is 0.917. The maximum absolute atomic E-state index is 11.7. The number of nitrogens with zero attached hydrogens (tertiary/aromatic N) is 4. The van der Waals surface area contributed by atoms with Crippen molar-refractivity contribution in [2.45, 2.75) is 32.4 Å². The normalized spacial score (nSPS) is 19.4. The van der Waals surface area contributed by atoms with Crippen molar-refractivity contribution in [3.05, 3.63) is 45.9 Å². The van der Waals surface area contributed by atoms with Crippen LogP contribution in [0.2, 0.25) is 0 Å². The molecule has 7 nitrogen and oxygen atoms in total. The van der Waals surface area contributed by atoms with Gasteiger partial charge in [-0.05, 0) is 11.6 Å².